The molecule has 2 aliphatic heterocycles. The molecule has 2 heterocycles. The van der Waals surface area contributed by atoms with Crippen LogP contribution in [-0.2, 0) is 0 Å². The molecular formula is C15H31ClN2. The van der Waals surface area contributed by atoms with Gasteiger partial charge in [0.05, 0.1) is 0 Å². The van der Waals surface area contributed by atoms with Crippen LogP contribution in [0, 0.1) is 11.8 Å². The second-order valence-corrected chi connectivity index (χ2v) is 6.16. The molecule has 0 radical (unpaired) electrons. The van der Waals surface area contributed by atoms with Gasteiger partial charge in [-0.15, -0.1) is 12.4 Å². The second-order valence-electron chi connectivity index (χ2n) is 6.16. The fraction of sp³-hybridized carbons (Fsp3) is 1.00. The zero-order valence-electron chi connectivity index (χ0n) is 12.2. The Bertz CT molecular complexity index is 217. The van der Waals surface area contributed by atoms with E-state index in [1.54, 1.807) is 0 Å². The van der Waals surface area contributed by atoms with Crippen molar-refractivity contribution in [2.24, 2.45) is 11.8 Å². The number of halogens is 1. The van der Waals surface area contributed by atoms with Crippen LogP contribution < -0.4 is 5.32 Å². The van der Waals surface area contributed by atoms with E-state index >= 15 is 0 Å². The molecule has 0 aromatic heterocycles. The lowest BCUT2D eigenvalue weighted by molar-refractivity contribution is 0.152. The summed E-state index contributed by atoms with van der Waals surface area (Å²) in [6.45, 7) is 10.0. The molecule has 0 saturated carbocycles. The summed E-state index contributed by atoms with van der Waals surface area (Å²) in [5, 5.41) is 3.48. The Balaban J connectivity index is 0.00000162. The maximum atomic E-state index is 3.48. The quantitative estimate of drug-likeness (QED) is 0.828. The highest BCUT2D eigenvalue weighted by atomic mass is 35.5. The summed E-state index contributed by atoms with van der Waals surface area (Å²) in [4.78, 5) is 2.82. The van der Waals surface area contributed by atoms with Gasteiger partial charge in [-0.1, -0.05) is 20.3 Å². The van der Waals surface area contributed by atoms with Crippen molar-refractivity contribution >= 4 is 12.4 Å². The van der Waals surface area contributed by atoms with E-state index in [0.29, 0.717) is 0 Å². The molecule has 2 atom stereocenters. The molecule has 2 rings (SSSR count). The summed E-state index contributed by atoms with van der Waals surface area (Å²) >= 11 is 0. The van der Waals surface area contributed by atoms with Crippen LogP contribution in [0.15, 0.2) is 0 Å². The average molecular weight is 275 g/mol. The molecular weight excluding hydrogens is 244 g/mol. The monoisotopic (exact) mass is 274 g/mol. The minimum atomic E-state index is 0. The van der Waals surface area contributed by atoms with Crippen LogP contribution >= 0.6 is 12.4 Å². The normalized spacial score (nSPS) is 28.0. The van der Waals surface area contributed by atoms with Gasteiger partial charge in [0.15, 0.2) is 0 Å². The molecule has 3 heteroatoms. The fourth-order valence-electron chi connectivity index (χ4n) is 3.77. The Kier molecular flexibility index (Phi) is 7.59. The summed E-state index contributed by atoms with van der Waals surface area (Å²) in [5.74, 6) is 1.87. The Morgan fingerprint density at radius 2 is 1.94 bits per heavy atom. The van der Waals surface area contributed by atoms with E-state index < -0.39 is 0 Å². The van der Waals surface area contributed by atoms with Crippen molar-refractivity contribution in [3.05, 3.63) is 0 Å². The molecule has 18 heavy (non-hydrogen) atoms. The lowest BCUT2D eigenvalue weighted by atomic mass is 9.93. The smallest absolute Gasteiger partial charge is 0.0121 e. The molecule has 0 aliphatic carbocycles. The third-order valence-electron chi connectivity index (χ3n) is 4.77. The second kappa shape index (κ2) is 8.39. The molecule has 0 spiro atoms. The standard InChI is InChI=1S/C15H30N2.ClH/c1-3-5-13(2)15-6-4-11-17(15)12-14-7-9-16-10-8-14;/h13-16H,3-12H2,1-2H3;1H. The van der Waals surface area contributed by atoms with Crippen LogP contribution in [0.3, 0.4) is 0 Å². The van der Waals surface area contributed by atoms with E-state index in [0.717, 1.165) is 17.9 Å². The fourth-order valence-corrected chi connectivity index (χ4v) is 3.77. The van der Waals surface area contributed by atoms with Crippen LogP contribution in [0.2, 0.25) is 0 Å². The number of rotatable bonds is 5. The number of piperidine rings is 1. The van der Waals surface area contributed by atoms with Crippen molar-refractivity contribution in [3.8, 4) is 0 Å². The summed E-state index contributed by atoms with van der Waals surface area (Å²) in [7, 11) is 0. The number of hydrogen-bond donors (Lipinski definition) is 1. The largest absolute Gasteiger partial charge is 0.317 e. The number of hydrogen-bond acceptors (Lipinski definition) is 2. The number of nitrogens with one attached hydrogen (secondary N) is 1. The first-order chi connectivity index (χ1) is 8.31. The Morgan fingerprint density at radius 3 is 2.61 bits per heavy atom. The first-order valence-electron chi connectivity index (χ1n) is 7.76. The predicted octanol–water partition coefficient (Wildman–Crippen LogP) is 3.31. The van der Waals surface area contributed by atoms with Crippen molar-refractivity contribution in [1.82, 2.24) is 10.2 Å². The van der Waals surface area contributed by atoms with Crippen molar-refractivity contribution in [2.75, 3.05) is 26.2 Å². The van der Waals surface area contributed by atoms with Crippen LogP contribution in [0.4, 0.5) is 0 Å². The summed E-state index contributed by atoms with van der Waals surface area (Å²) in [6, 6.07) is 0.893. The zero-order chi connectivity index (χ0) is 12.1. The molecule has 0 amide bonds. The van der Waals surface area contributed by atoms with Gasteiger partial charge in [-0.25, -0.2) is 0 Å². The molecule has 1 N–H and O–H groups in total. The van der Waals surface area contributed by atoms with Gasteiger partial charge in [0, 0.05) is 12.6 Å². The number of nitrogens with zero attached hydrogens (tertiary/aromatic N) is 1. The first-order valence-corrected chi connectivity index (χ1v) is 7.76. The molecule has 2 aliphatic rings. The summed E-state index contributed by atoms with van der Waals surface area (Å²) in [6.07, 6.45) is 8.43. The minimum Gasteiger partial charge on any atom is -0.317 e. The van der Waals surface area contributed by atoms with Gasteiger partial charge >= 0.3 is 0 Å². The number of likely N-dealkylation sites (tertiary alicyclic amines) is 1. The molecule has 2 unspecified atom stereocenters. The van der Waals surface area contributed by atoms with E-state index in [1.807, 2.05) is 0 Å². The zero-order valence-corrected chi connectivity index (χ0v) is 13.0. The van der Waals surface area contributed by atoms with E-state index in [2.05, 4.69) is 24.1 Å². The van der Waals surface area contributed by atoms with E-state index in [-0.39, 0.29) is 12.4 Å². The maximum Gasteiger partial charge on any atom is 0.0121 e. The van der Waals surface area contributed by atoms with Crippen LogP contribution in [-0.4, -0.2) is 37.1 Å². The van der Waals surface area contributed by atoms with Crippen molar-refractivity contribution in [1.29, 1.82) is 0 Å². The Morgan fingerprint density at radius 1 is 1.22 bits per heavy atom. The van der Waals surface area contributed by atoms with Crippen LogP contribution in [0.25, 0.3) is 0 Å². The van der Waals surface area contributed by atoms with Gasteiger partial charge in [-0.05, 0) is 63.6 Å². The van der Waals surface area contributed by atoms with Crippen molar-refractivity contribution in [3.63, 3.8) is 0 Å². The lowest BCUT2D eigenvalue weighted by Gasteiger charge is -2.34. The predicted molar refractivity (Wildman–Crippen MR) is 81.5 cm³/mol. The third-order valence-corrected chi connectivity index (χ3v) is 4.77. The molecule has 0 aromatic rings. The topological polar surface area (TPSA) is 15.3 Å². The van der Waals surface area contributed by atoms with E-state index in [9.17, 15) is 0 Å². The highest BCUT2D eigenvalue weighted by Crippen LogP contribution is 2.28. The SMILES string of the molecule is CCCC(C)C1CCCN1CC1CCNCC1.Cl. The lowest BCUT2D eigenvalue weighted by Crippen LogP contribution is -2.40. The molecule has 2 nitrogen and oxygen atoms in total. The molecule has 0 aromatic carbocycles. The van der Waals surface area contributed by atoms with Gasteiger partial charge in [0.2, 0.25) is 0 Å². The van der Waals surface area contributed by atoms with Crippen molar-refractivity contribution < 1.29 is 0 Å². The van der Waals surface area contributed by atoms with E-state index in [4.69, 9.17) is 0 Å². The molecule has 108 valence electrons. The van der Waals surface area contributed by atoms with E-state index in [1.165, 1.54) is 64.7 Å². The van der Waals surface area contributed by atoms with Gasteiger partial charge < -0.3 is 5.32 Å². The third kappa shape index (κ3) is 4.40. The van der Waals surface area contributed by atoms with Gasteiger partial charge in [0.1, 0.15) is 0 Å². The Hall–Kier alpha value is 0.210. The molecule has 2 saturated heterocycles. The maximum absolute atomic E-state index is 3.48. The highest BCUT2D eigenvalue weighted by molar-refractivity contribution is 5.85. The Labute approximate surface area is 119 Å². The minimum absolute atomic E-state index is 0. The van der Waals surface area contributed by atoms with Crippen molar-refractivity contribution in [2.45, 2.75) is 58.4 Å². The average Bonchev–Trinajstić information content (AvgIpc) is 2.79. The highest BCUT2D eigenvalue weighted by Gasteiger charge is 2.30. The molecule has 2 fully saturated rings. The van der Waals surface area contributed by atoms with Gasteiger partial charge in [0.25, 0.3) is 0 Å². The van der Waals surface area contributed by atoms with Gasteiger partial charge in [-0.2, -0.15) is 0 Å². The first kappa shape index (κ1) is 16.3. The summed E-state index contributed by atoms with van der Waals surface area (Å²) < 4.78 is 0. The van der Waals surface area contributed by atoms with Crippen LogP contribution in [0.5, 0.6) is 0 Å². The van der Waals surface area contributed by atoms with Gasteiger partial charge in [-0.3, -0.25) is 4.90 Å². The summed E-state index contributed by atoms with van der Waals surface area (Å²) in [5.41, 5.74) is 0. The molecule has 0 bridgehead atoms. The van der Waals surface area contributed by atoms with Crippen LogP contribution in [0.1, 0.15) is 52.4 Å².